The number of hydrogen-bond donors (Lipinski definition) is 0. The maximum Gasteiger partial charge on any atom is 0.213 e. The molecule has 0 amide bonds. The van der Waals surface area contributed by atoms with Gasteiger partial charge in [-0.15, -0.1) is 0 Å². The van der Waals surface area contributed by atoms with Gasteiger partial charge in [-0.3, -0.25) is 9.55 Å². The van der Waals surface area contributed by atoms with Crippen LogP contribution in [0.25, 0.3) is 33.6 Å². The zero-order valence-corrected chi connectivity index (χ0v) is 17.7. The number of methoxy groups -OCH3 is 1. The molecule has 3 heterocycles. The number of benzene rings is 2. The lowest BCUT2D eigenvalue weighted by atomic mass is 10.0. The summed E-state index contributed by atoms with van der Waals surface area (Å²) in [5.41, 5.74) is 8.20. The monoisotopic (exact) mass is 435 g/mol. The topological polar surface area (TPSA) is 65.7 Å². The van der Waals surface area contributed by atoms with Crippen molar-refractivity contribution in [3.63, 3.8) is 0 Å². The van der Waals surface area contributed by atoms with Gasteiger partial charge in [0, 0.05) is 35.5 Å². The van der Waals surface area contributed by atoms with E-state index < -0.39 is 0 Å². The lowest BCUT2D eigenvalue weighted by Crippen LogP contribution is -1.98. The fraction of sp³-hybridized carbons (Fsp3) is 0.0769. The van der Waals surface area contributed by atoms with E-state index in [-0.39, 0.29) is 5.82 Å². The van der Waals surface area contributed by atoms with Gasteiger partial charge in [0.1, 0.15) is 12.1 Å². The zero-order valence-electron chi connectivity index (χ0n) is 17.7. The fourth-order valence-electron chi connectivity index (χ4n) is 4.13. The highest BCUT2D eigenvalue weighted by molar-refractivity contribution is 5.88. The van der Waals surface area contributed by atoms with Crippen LogP contribution in [0.15, 0.2) is 79.4 Å². The van der Waals surface area contributed by atoms with E-state index in [0.29, 0.717) is 5.88 Å². The number of ether oxygens (including phenoxy) is 1. The maximum absolute atomic E-state index is 13.4. The number of aromatic nitrogens is 5. The van der Waals surface area contributed by atoms with Crippen molar-refractivity contribution in [3.05, 3.63) is 102 Å². The first-order chi connectivity index (χ1) is 16.2. The van der Waals surface area contributed by atoms with Crippen molar-refractivity contribution in [1.29, 1.82) is 0 Å². The van der Waals surface area contributed by atoms with Crippen LogP contribution in [0.2, 0.25) is 0 Å². The molecule has 6 rings (SSSR count). The molecule has 33 heavy (non-hydrogen) atoms. The van der Waals surface area contributed by atoms with Crippen molar-refractivity contribution in [2.75, 3.05) is 7.11 Å². The van der Waals surface area contributed by atoms with Crippen LogP contribution in [-0.4, -0.2) is 31.6 Å². The van der Waals surface area contributed by atoms with E-state index >= 15 is 0 Å². The van der Waals surface area contributed by atoms with Crippen LogP contribution in [0, 0.1) is 5.82 Å². The van der Waals surface area contributed by atoms with Gasteiger partial charge in [0.25, 0.3) is 0 Å². The van der Waals surface area contributed by atoms with Crippen LogP contribution in [0.1, 0.15) is 17.0 Å². The first kappa shape index (κ1) is 19.3. The van der Waals surface area contributed by atoms with E-state index in [1.54, 1.807) is 38.0 Å². The summed E-state index contributed by atoms with van der Waals surface area (Å²) < 4.78 is 20.6. The van der Waals surface area contributed by atoms with E-state index in [1.807, 2.05) is 22.8 Å². The van der Waals surface area contributed by atoms with Crippen LogP contribution < -0.4 is 4.74 Å². The summed E-state index contributed by atoms with van der Waals surface area (Å²) in [6, 6.07) is 16.3. The number of pyridine rings is 1. The van der Waals surface area contributed by atoms with Gasteiger partial charge < -0.3 is 4.74 Å². The molecule has 160 valence electrons. The fourth-order valence-corrected chi connectivity index (χ4v) is 4.13. The molecular weight excluding hydrogens is 417 g/mol. The molecule has 1 aliphatic rings. The Labute approximate surface area is 189 Å². The molecule has 0 N–H and O–H groups in total. The second-order valence-electron chi connectivity index (χ2n) is 7.75. The van der Waals surface area contributed by atoms with Crippen molar-refractivity contribution in [1.82, 2.24) is 24.5 Å². The summed E-state index contributed by atoms with van der Waals surface area (Å²) in [6.45, 7) is 0. The number of imidazole rings is 1. The molecule has 0 radical (unpaired) electrons. The Morgan fingerprint density at radius 2 is 1.82 bits per heavy atom. The second-order valence-corrected chi connectivity index (χ2v) is 7.75. The molecule has 0 bridgehead atoms. The molecule has 2 aromatic carbocycles. The minimum Gasteiger partial charge on any atom is -0.481 e. The highest BCUT2D eigenvalue weighted by Gasteiger charge is 2.21. The standard InChI is InChI=1S/C26H18FN5O/c1-33-25-13-17(10-11-28-25)23-14-29-22-9-7-20(26(22)31-23)16-2-8-21-24(12-16)32(15-30-21)19-5-3-18(27)4-6-19/h2-8,10-15H,9H2,1H3. The molecule has 0 spiro atoms. The number of halogens is 1. The molecule has 5 aromatic rings. The first-order valence-electron chi connectivity index (χ1n) is 10.5. The van der Waals surface area contributed by atoms with Crippen LogP contribution in [-0.2, 0) is 6.42 Å². The average molecular weight is 435 g/mol. The van der Waals surface area contributed by atoms with Crippen LogP contribution in [0.5, 0.6) is 5.88 Å². The molecule has 1 aliphatic carbocycles. The highest BCUT2D eigenvalue weighted by atomic mass is 19.1. The SMILES string of the molecule is COc1cc(-c2cnc3c(n2)C(c2ccc4ncn(-c5ccc(F)cc5)c4c2)=CC3)ccn1. The Balaban J connectivity index is 1.42. The zero-order chi connectivity index (χ0) is 22.4. The van der Waals surface area contributed by atoms with Crippen molar-refractivity contribution < 1.29 is 9.13 Å². The lowest BCUT2D eigenvalue weighted by Gasteiger charge is -2.10. The summed E-state index contributed by atoms with van der Waals surface area (Å²) in [4.78, 5) is 18.3. The molecule has 7 heteroatoms. The van der Waals surface area contributed by atoms with E-state index in [4.69, 9.17) is 9.72 Å². The summed E-state index contributed by atoms with van der Waals surface area (Å²) in [5.74, 6) is 0.267. The summed E-state index contributed by atoms with van der Waals surface area (Å²) in [6.07, 6.45) is 8.13. The normalized spacial score (nSPS) is 12.6. The Bertz CT molecular complexity index is 1540. The average Bonchev–Trinajstić information content (AvgIpc) is 3.48. The van der Waals surface area contributed by atoms with Gasteiger partial charge >= 0.3 is 0 Å². The van der Waals surface area contributed by atoms with Gasteiger partial charge in [0.05, 0.1) is 41.4 Å². The van der Waals surface area contributed by atoms with Gasteiger partial charge in [-0.05, 0) is 48.0 Å². The minimum atomic E-state index is -0.266. The maximum atomic E-state index is 13.4. The van der Waals surface area contributed by atoms with Crippen LogP contribution >= 0.6 is 0 Å². The Morgan fingerprint density at radius 3 is 2.67 bits per heavy atom. The first-order valence-corrected chi connectivity index (χ1v) is 10.5. The number of hydrogen-bond acceptors (Lipinski definition) is 5. The third-order valence-corrected chi connectivity index (χ3v) is 5.81. The van der Waals surface area contributed by atoms with Gasteiger partial charge in [0.2, 0.25) is 5.88 Å². The number of nitrogens with zero attached hydrogens (tertiary/aromatic N) is 5. The van der Waals surface area contributed by atoms with Crippen molar-refractivity contribution in [2.24, 2.45) is 0 Å². The lowest BCUT2D eigenvalue weighted by molar-refractivity contribution is 0.398. The summed E-state index contributed by atoms with van der Waals surface area (Å²) in [5, 5.41) is 0. The molecule has 6 nitrogen and oxygen atoms in total. The molecule has 0 atom stereocenters. The highest BCUT2D eigenvalue weighted by Crippen LogP contribution is 2.34. The number of allylic oxidation sites excluding steroid dienone is 1. The predicted molar refractivity (Wildman–Crippen MR) is 124 cm³/mol. The Hall–Kier alpha value is -4.39. The number of fused-ring (bicyclic) bond motifs is 2. The van der Waals surface area contributed by atoms with Gasteiger partial charge in [-0.2, -0.15) is 0 Å². The van der Waals surface area contributed by atoms with Crippen LogP contribution in [0.3, 0.4) is 0 Å². The quantitative estimate of drug-likeness (QED) is 0.397. The van der Waals surface area contributed by atoms with Crippen molar-refractivity contribution >= 4 is 16.6 Å². The smallest absolute Gasteiger partial charge is 0.213 e. The van der Waals surface area contributed by atoms with E-state index in [1.165, 1.54) is 12.1 Å². The van der Waals surface area contributed by atoms with E-state index in [0.717, 1.165) is 56.9 Å². The van der Waals surface area contributed by atoms with Crippen molar-refractivity contribution in [2.45, 2.75) is 6.42 Å². The van der Waals surface area contributed by atoms with Gasteiger partial charge in [0.15, 0.2) is 0 Å². The third kappa shape index (κ3) is 3.34. The largest absolute Gasteiger partial charge is 0.481 e. The van der Waals surface area contributed by atoms with Crippen molar-refractivity contribution in [3.8, 4) is 22.8 Å². The second kappa shape index (κ2) is 7.63. The van der Waals surface area contributed by atoms with Crippen LogP contribution in [0.4, 0.5) is 4.39 Å². The molecule has 3 aromatic heterocycles. The van der Waals surface area contributed by atoms with Gasteiger partial charge in [-0.1, -0.05) is 12.1 Å². The molecule has 0 fully saturated rings. The Morgan fingerprint density at radius 1 is 0.939 bits per heavy atom. The Kier molecular flexibility index (Phi) is 4.47. The summed E-state index contributed by atoms with van der Waals surface area (Å²) >= 11 is 0. The molecule has 0 aliphatic heterocycles. The van der Waals surface area contributed by atoms with Gasteiger partial charge in [-0.25, -0.2) is 19.3 Å². The molecule has 0 unspecified atom stereocenters. The van der Waals surface area contributed by atoms with E-state index in [2.05, 4.69) is 33.2 Å². The third-order valence-electron chi connectivity index (χ3n) is 5.81. The summed E-state index contributed by atoms with van der Waals surface area (Å²) in [7, 11) is 1.59. The number of rotatable bonds is 4. The van der Waals surface area contributed by atoms with E-state index in [9.17, 15) is 4.39 Å². The molecule has 0 saturated carbocycles. The molecule has 0 saturated heterocycles. The predicted octanol–water partition coefficient (Wildman–Crippen LogP) is 5.01. The molecular formula is C26H18FN5O. The minimum absolute atomic E-state index is 0.266.